The van der Waals surface area contributed by atoms with Crippen molar-refractivity contribution in [3.05, 3.63) is 47.7 Å². The molecular weight excluding hydrogens is 406 g/mol. The first-order valence-corrected chi connectivity index (χ1v) is 10.6. The van der Waals surface area contributed by atoms with Crippen molar-refractivity contribution in [2.24, 2.45) is 0 Å². The number of carbonyl (C=O) groups is 1. The minimum Gasteiger partial charge on any atom is -0.497 e. The number of aryl methyl sites for hydroxylation is 1. The van der Waals surface area contributed by atoms with Gasteiger partial charge in [-0.15, -0.1) is 0 Å². The Kier molecular flexibility index (Phi) is 7.13. The number of methoxy groups -OCH3 is 3. The molecule has 0 fully saturated rings. The van der Waals surface area contributed by atoms with E-state index in [9.17, 15) is 4.79 Å². The van der Waals surface area contributed by atoms with Crippen LogP contribution in [0.25, 0.3) is 27.7 Å². The number of amides is 1. The molecule has 170 valence electrons. The summed E-state index contributed by atoms with van der Waals surface area (Å²) in [6, 6.07) is 7.76. The largest absolute Gasteiger partial charge is 0.497 e. The van der Waals surface area contributed by atoms with Gasteiger partial charge in [0.05, 0.1) is 27.6 Å². The van der Waals surface area contributed by atoms with E-state index in [1.165, 1.54) is 0 Å². The van der Waals surface area contributed by atoms with Gasteiger partial charge in [0.2, 0.25) is 5.91 Å². The van der Waals surface area contributed by atoms with E-state index in [2.05, 4.69) is 5.32 Å². The molecule has 0 spiro atoms. The minimum absolute atomic E-state index is 0.110. The fraction of sp³-hybridized carbons (Fsp3) is 0.346. The van der Waals surface area contributed by atoms with Crippen LogP contribution in [0.15, 0.2) is 41.0 Å². The fourth-order valence-electron chi connectivity index (χ4n) is 3.77. The van der Waals surface area contributed by atoms with Gasteiger partial charge in [-0.2, -0.15) is 0 Å². The summed E-state index contributed by atoms with van der Waals surface area (Å²) in [5.41, 5.74) is 4.96. The molecule has 1 amide bonds. The van der Waals surface area contributed by atoms with E-state index in [-0.39, 0.29) is 11.9 Å². The lowest BCUT2D eigenvalue weighted by Crippen LogP contribution is -2.30. The van der Waals surface area contributed by atoms with Crippen molar-refractivity contribution in [3.8, 4) is 28.4 Å². The summed E-state index contributed by atoms with van der Waals surface area (Å²) in [4.78, 5) is 12.5. The third-order valence-corrected chi connectivity index (χ3v) is 5.72. The van der Waals surface area contributed by atoms with Gasteiger partial charge in [0.1, 0.15) is 22.8 Å². The van der Waals surface area contributed by atoms with E-state index in [0.717, 1.165) is 51.0 Å². The van der Waals surface area contributed by atoms with Crippen LogP contribution in [-0.2, 0) is 4.79 Å². The van der Waals surface area contributed by atoms with Gasteiger partial charge in [0, 0.05) is 39.8 Å². The zero-order chi connectivity index (χ0) is 23.4. The average Bonchev–Trinajstić information content (AvgIpc) is 3.22. The highest BCUT2D eigenvalue weighted by Gasteiger charge is 2.21. The first-order valence-electron chi connectivity index (χ1n) is 10.6. The zero-order valence-corrected chi connectivity index (χ0v) is 19.8. The topological polar surface area (TPSA) is 69.9 Å². The highest BCUT2D eigenvalue weighted by molar-refractivity contribution is 6.02. The van der Waals surface area contributed by atoms with Gasteiger partial charge in [-0.25, -0.2) is 0 Å². The summed E-state index contributed by atoms with van der Waals surface area (Å²) >= 11 is 0. The number of benzene rings is 2. The Morgan fingerprint density at radius 3 is 2.50 bits per heavy atom. The molecule has 1 N–H and O–H groups in total. The maximum atomic E-state index is 12.5. The number of ether oxygens (including phenoxy) is 3. The second-order valence-corrected chi connectivity index (χ2v) is 7.82. The molecule has 0 aliphatic heterocycles. The van der Waals surface area contributed by atoms with E-state index in [1.807, 2.05) is 52.0 Å². The van der Waals surface area contributed by atoms with Gasteiger partial charge in [-0.05, 0) is 57.0 Å². The molecule has 3 rings (SSSR count). The molecule has 0 bridgehead atoms. The van der Waals surface area contributed by atoms with Gasteiger partial charge >= 0.3 is 0 Å². The van der Waals surface area contributed by atoms with Crippen molar-refractivity contribution < 1.29 is 23.4 Å². The molecular formula is C26H31NO5. The highest BCUT2D eigenvalue weighted by atomic mass is 16.5. The molecule has 0 saturated heterocycles. The molecule has 1 atom stereocenters. The van der Waals surface area contributed by atoms with Crippen molar-refractivity contribution in [2.75, 3.05) is 21.3 Å². The quantitative estimate of drug-likeness (QED) is 0.454. The lowest BCUT2D eigenvalue weighted by molar-refractivity contribution is -0.117. The van der Waals surface area contributed by atoms with Crippen molar-refractivity contribution in [1.82, 2.24) is 5.32 Å². The Balaban J connectivity index is 2.19. The third-order valence-electron chi connectivity index (χ3n) is 5.72. The summed E-state index contributed by atoms with van der Waals surface area (Å²) < 4.78 is 22.7. The first-order chi connectivity index (χ1) is 15.3. The second kappa shape index (κ2) is 9.81. The van der Waals surface area contributed by atoms with Gasteiger partial charge in [0.15, 0.2) is 0 Å². The van der Waals surface area contributed by atoms with Gasteiger partial charge in [-0.1, -0.05) is 6.92 Å². The predicted octanol–water partition coefficient (Wildman–Crippen LogP) is 5.75. The summed E-state index contributed by atoms with van der Waals surface area (Å²) in [7, 11) is 4.89. The van der Waals surface area contributed by atoms with Crippen LogP contribution < -0.4 is 19.5 Å². The van der Waals surface area contributed by atoms with Gasteiger partial charge in [-0.3, -0.25) is 4.79 Å². The average molecular weight is 438 g/mol. The molecule has 0 saturated carbocycles. The number of furan rings is 1. The molecule has 6 nitrogen and oxygen atoms in total. The number of hydrogen-bond donors (Lipinski definition) is 1. The molecule has 3 aromatic rings. The monoisotopic (exact) mass is 437 g/mol. The lowest BCUT2D eigenvalue weighted by Gasteiger charge is -2.15. The van der Waals surface area contributed by atoms with Crippen LogP contribution in [0.4, 0.5) is 0 Å². The normalized spacial score (nSPS) is 12.5. The molecule has 1 aromatic heterocycles. The maximum Gasteiger partial charge on any atom is 0.244 e. The van der Waals surface area contributed by atoms with Crippen LogP contribution in [0.3, 0.4) is 0 Å². The van der Waals surface area contributed by atoms with Gasteiger partial charge in [0.25, 0.3) is 0 Å². The maximum absolute atomic E-state index is 12.5. The Bertz CT molecular complexity index is 1160. The van der Waals surface area contributed by atoms with Crippen LogP contribution in [-0.4, -0.2) is 33.3 Å². The van der Waals surface area contributed by atoms with E-state index in [1.54, 1.807) is 33.7 Å². The number of nitrogens with one attached hydrogen (secondary N) is 1. The number of fused-ring (bicyclic) bond motifs is 1. The summed E-state index contributed by atoms with van der Waals surface area (Å²) in [5.74, 6) is 1.99. The van der Waals surface area contributed by atoms with E-state index in [4.69, 9.17) is 18.6 Å². The van der Waals surface area contributed by atoms with E-state index < -0.39 is 0 Å². The lowest BCUT2D eigenvalue weighted by atomic mass is 9.96. The van der Waals surface area contributed by atoms with Crippen LogP contribution in [0.5, 0.6) is 17.2 Å². The van der Waals surface area contributed by atoms with Crippen LogP contribution >= 0.6 is 0 Å². The summed E-state index contributed by atoms with van der Waals surface area (Å²) in [5, 5.41) is 3.88. The van der Waals surface area contributed by atoms with Crippen LogP contribution in [0, 0.1) is 6.92 Å². The van der Waals surface area contributed by atoms with E-state index in [0.29, 0.717) is 11.5 Å². The number of allylic oxidation sites excluding steroid dienone is 1. The summed E-state index contributed by atoms with van der Waals surface area (Å²) in [6.07, 6.45) is 4.20. The van der Waals surface area contributed by atoms with Crippen molar-refractivity contribution in [2.45, 2.75) is 40.2 Å². The Morgan fingerprint density at radius 2 is 1.88 bits per heavy atom. The van der Waals surface area contributed by atoms with Crippen LogP contribution in [0.1, 0.15) is 38.3 Å². The Labute approximate surface area is 189 Å². The van der Waals surface area contributed by atoms with Gasteiger partial charge < -0.3 is 23.9 Å². The second-order valence-electron chi connectivity index (χ2n) is 7.82. The molecule has 32 heavy (non-hydrogen) atoms. The standard InChI is InChI=1S/C26H31NO5/c1-8-16(3)27-24(28)11-15(2)19-13-21-22(14-32-26(21)17(4)25(19)31-7)20-12-18(29-5)9-10-23(20)30-6/h9-14,16H,8H2,1-7H3,(H,27,28)/b15-11+. The SMILES string of the molecule is CCC(C)NC(=O)/C=C(\C)c1cc2c(-c3cc(OC)ccc3OC)coc2c(C)c1OC. The molecule has 6 heteroatoms. The minimum atomic E-state index is -0.126. The Morgan fingerprint density at radius 1 is 1.12 bits per heavy atom. The molecule has 0 aliphatic carbocycles. The smallest absolute Gasteiger partial charge is 0.244 e. The predicted molar refractivity (Wildman–Crippen MR) is 128 cm³/mol. The highest BCUT2D eigenvalue weighted by Crippen LogP contribution is 2.43. The molecule has 1 unspecified atom stereocenters. The first kappa shape index (κ1) is 23.3. The van der Waals surface area contributed by atoms with Crippen LogP contribution in [0.2, 0.25) is 0 Å². The number of hydrogen-bond acceptors (Lipinski definition) is 5. The van der Waals surface area contributed by atoms with Crippen molar-refractivity contribution in [3.63, 3.8) is 0 Å². The van der Waals surface area contributed by atoms with Crippen molar-refractivity contribution >= 4 is 22.4 Å². The molecule has 2 aromatic carbocycles. The van der Waals surface area contributed by atoms with Crippen molar-refractivity contribution in [1.29, 1.82) is 0 Å². The molecule has 1 heterocycles. The van der Waals surface area contributed by atoms with E-state index >= 15 is 0 Å². The Hall–Kier alpha value is -3.41. The molecule has 0 aliphatic rings. The zero-order valence-electron chi connectivity index (χ0n) is 19.8. The summed E-state index contributed by atoms with van der Waals surface area (Å²) in [6.45, 7) is 7.88. The fourth-order valence-corrected chi connectivity index (χ4v) is 3.77. The third kappa shape index (κ3) is 4.44. The number of rotatable bonds is 8. The molecule has 0 radical (unpaired) electrons. The number of carbonyl (C=O) groups excluding carboxylic acids is 1.